The fourth-order valence-corrected chi connectivity index (χ4v) is 1.43. The van der Waals surface area contributed by atoms with Crippen LogP contribution in [0.4, 0.5) is 0 Å². The number of hydrogen-bond acceptors (Lipinski definition) is 3. The maximum Gasteiger partial charge on any atom is 0.306 e. The number of nitrogens with zero attached hydrogens (tertiary/aromatic N) is 1. The Morgan fingerprint density at radius 3 is 3.13 bits per heavy atom. The Hall–Kier alpha value is -1.84. The van der Waals surface area contributed by atoms with E-state index in [9.17, 15) is 4.79 Å². The fraction of sp³-hybridized carbons (Fsp3) is 0.273. The second kappa shape index (κ2) is 3.73. The van der Waals surface area contributed by atoms with Crippen LogP contribution < -0.4 is 0 Å². The molecule has 0 saturated carbocycles. The highest BCUT2D eigenvalue weighted by atomic mass is 16.4. The van der Waals surface area contributed by atoms with Crippen LogP contribution in [0, 0.1) is 5.92 Å². The third-order valence-electron chi connectivity index (χ3n) is 2.30. The molecule has 4 nitrogen and oxygen atoms in total. The van der Waals surface area contributed by atoms with Gasteiger partial charge < -0.3 is 9.52 Å². The third kappa shape index (κ3) is 1.98. The predicted molar refractivity (Wildman–Crippen MR) is 54.5 cm³/mol. The van der Waals surface area contributed by atoms with Crippen molar-refractivity contribution >= 4 is 16.9 Å². The van der Waals surface area contributed by atoms with Gasteiger partial charge in [0.15, 0.2) is 0 Å². The number of hydrogen-bond donors (Lipinski definition) is 1. The van der Waals surface area contributed by atoms with Crippen LogP contribution in [0.5, 0.6) is 0 Å². The molecule has 0 aliphatic carbocycles. The zero-order valence-electron chi connectivity index (χ0n) is 8.30. The Morgan fingerprint density at radius 2 is 2.47 bits per heavy atom. The number of carbonyl (C=O) groups is 1. The van der Waals surface area contributed by atoms with Crippen LogP contribution in [0.3, 0.4) is 0 Å². The summed E-state index contributed by atoms with van der Waals surface area (Å²) in [5.74, 6) is -0.556. The molecule has 0 saturated heterocycles. The van der Waals surface area contributed by atoms with E-state index in [0.29, 0.717) is 12.2 Å². The maximum absolute atomic E-state index is 10.7. The Bertz CT molecular complexity index is 456. The van der Waals surface area contributed by atoms with Gasteiger partial charge in [0.1, 0.15) is 11.3 Å². The van der Waals surface area contributed by atoms with Gasteiger partial charge in [-0.3, -0.25) is 9.78 Å². The largest absolute Gasteiger partial charge is 0.481 e. The van der Waals surface area contributed by atoms with E-state index in [1.54, 1.807) is 25.4 Å². The highest BCUT2D eigenvalue weighted by Crippen LogP contribution is 2.20. The van der Waals surface area contributed by atoms with Gasteiger partial charge >= 0.3 is 5.97 Å². The fourth-order valence-electron chi connectivity index (χ4n) is 1.43. The van der Waals surface area contributed by atoms with Crippen molar-refractivity contribution in [1.29, 1.82) is 0 Å². The minimum absolute atomic E-state index is 0.407. The molecule has 2 aromatic heterocycles. The van der Waals surface area contributed by atoms with Crippen LogP contribution >= 0.6 is 0 Å². The first-order valence-corrected chi connectivity index (χ1v) is 4.72. The molecule has 0 aliphatic rings. The summed E-state index contributed by atoms with van der Waals surface area (Å²) in [5.41, 5.74) is 0.748. The van der Waals surface area contributed by atoms with Crippen LogP contribution in [0.25, 0.3) is 11.0 Å². The molecule has 4 heteroatoms. The summed E-state index contributed by atoms with van der Waals surface area (Å²) in [5, 5.41) is 9.67. The van der Waals surface area contributed by atoms with Gasteiger partial charge in [-0.2, -0.15) is 0 Å². The lowest BCUT2D eigenvalue weighted by molar-refractivity contribution is -0.141. The van der Waals surface area contributed by atoms with Gasteiger partial charge in [0, 0.05) is 24.2 Å². The predicted octanol–water partition coefficient (Wildman–Crippen LogP) is 2.09. The molecule has 1 unspecified atom stereocenters. The lowest BCUT2D eigenvalue weighted by Crippen LogP contribution is -2.11. The number of rotatable bonds is 3. The number of fused-ring (bicyclic) bond motifs is 1. The minimum atomic E-state index is -0.811. The van der Waals surface area contributed by atoms with E-state index in [0.717, 1.165) is 11.0 Å². The number of aliphatic carboxylic acids is 1. The lowest BCUT2D eigenvalue weighted by atomic mass is 10.1. The van der Waals surface area contributed by atoms with Crippen molar-refractivity contribution in [3.05, 3.63) is 30.3 Å². The molecule has 2 heterocycles. The quantitative estimate of drug-likeness (QED) is 0.833. The van der Waals surface area contributed by atoms with Gasteiger partial charge in [-0.25, -0.2) is 0 Å². The number of furan rings is 1. The molecular formula is C11H11NO3. The maximum atomic E-state index is 10.7. The molecular weight excluding hydrogens is 194 g/mol. The first-order chi connectivity index (χ1) is 7.16. The van der Waals surface area contributed by atoms with Gasteiger partial charge in [-0.1, -0.05) is 6.92 Å². The van der Waals surface area contributed by atoms with E-state index >= 15 is 0 Å². The summed E-state index contributed by atoms with van der Waals surface area (Å²) in [7, 11) is 0. The third-order valence-corrected chi connectivity index (χ3v) is 2.30. The summed E-state index contributed by atoms with van der Waals surface area (Å²) < 4.78 is 5.49. The zero-order chi connectivity index (χ0) is 10.8. The average Bonchev–Trinajstić information content (AvgIpc) is 2.59. The van der Waals surface area contributed by atoms with Crippen molar-refractivity contribution in [3.8, 4) is 0 Å². The zero-order valence-corrected chi connectivity index (χ0v) is 8.30. The molecule has 0 amide bonds. The summed E-state index contributed by atoms with van der Waals surface area (Å²) in [6, 6.07) is 3.60. The van der Waals surface area contributed by atoms with Gasteiger partial charge in [0.2, 0.25) is 0 Å². The molecule has 0 fully saturated rings. The molecule has 0 spiro atoms. The van der Waals surface area contributed by atoms with Crippen molar-refractivity contribution in [2.75, 3.05) is 0 Å². The van der Waals surface area contributed by atoms with E-state index in [1.165, 1.54) is 0 Å². The molecule has 78 valence electrons. The van der Waals surface area contributed by atoms with Gasteiger partial charge in [-0.05, 0) is 12.1 Å². The Labute approximate surface area is 86.5 Å². The van der Waals surface area contributed by atoms with E-state index in [2.05, 4.69) is 4.98 Å². The standard InChI is InChI=1S/C11H11NO3/c1-7(11(13)14)4-9-5-8-6-12-3-2-10(8)15-9/h2-3,5-7H,4H2,1H3,(H,13,14). The molecule has 0 radical (unpaired) electrons. The van der Waals surface area contributed by atoms with Gasteiger partial charge in [0.05, 0.1) is 5.92 Å². The van der Waals surface area contributed by atoms with Crippen LogP contribution in [0.2, 0.25) is 0 Å². The lowest BCUT2D eigenvalue weighted by Gasteiger charge is -2.01. The van der Waals surface area contributed by atoms with E-state index in [4.69, 9.17) is 9.52 Å². The topological polar surface area (TPSA) is 63.3 Å². The first-order valence-electron chi connectivity index (χ1n) is 4.72. The van der Waals surface area contributed by atoms with Crippen molar-refractivity contribution < 1.29 is 14.3 Å². The van der Waals surface area contributed by atoms with Crippen molar-refractivity contribution in [2.24, 2.45) is 5.92 Å². The molecule has 0 aliphatic heterocycles. The average molecular weight is 205 g/mol. The molecule has 2 rings (SSSR count). The summed E-state index contributed by atoms with van der Waals surface area (Å²) >= 11 is 0. The number of pyridine rings is 1. The molecule has 1 atom stereocenters. The van der Waals surface area contributed by atoms with Crippen molar-refractivity contribution in [1.82, 2.24) is 4.98 Å². The first kappa shape index (κ1) is 9.71. The van der Waals surface area contributed by atoms with Gasteiger partial charge in [-0.15, -0.1) is 0 Å². The normalized spacial score (nSPS) is 12.9. The molecule has 1 N–H and O–H groups in total. The van der Waals surface area contributed by atoms with Crippen LogP contribution in [0.1, 0.15) is 12.7 Å². The van der Waals surface area contributed by atoms with E-state index < -0.39 is 11.9 Å². The monoisotopic (exact) mass is 205 g/mol. The smallest absolute Gasteiger partial charge is 0.306 e. The number of aromatic nitrogens is 1. The Kier molecular flexibility index (Phi) is 2.41. The van der Waals surface area contributed by atoms with Crippen LogP contribution in [-0.4, -0.2) is 16.1 Å². The van der Waals surface area contributed by atoms with Gasteiger partial charge in [0.25, 0.3) is 0 Å². The van der Waals surface area contributed by atoms with Crippen LogP contribution in [0.15, 0.2) is 28.9 Å². The summed E-state index contributed by atoms with van der Waals surface area (Å²) in [6.07, 6.45) is 3.76. The Balaban J connectivity index is 2.26. The van der Waals surface area contributed by atoms with E-state index in [-0.39, 0.29) is 0 Å². The van der Waals surface area contributed by atoms with Crippen LogP contribution in [-0.2, 0) is 11.2 Å². The summed E-state index contributed by atoms with van der Waals surface area (Å²) in [6.45, 7) is 1.66. The minimum Gasteiger partial charge on any atom is -0.481 e. The second-order valence-electron chi connectivity index (χ2n) is 3.57. The summed E-state index contributed by atoms with van der Waals surface area (Å²) in [4.78, 5) is 14.6. The van der Waals surface area contributed by atoms with Crippen molar-refractivity contribution in [3.63, 3.8) is 0 Å². The molecule has 0 aromatic carbocycles. The molecule has 0 bridgehead atoms. The molecule has 15 heavy (non-hydrogen) atoms. The molecule has 2 aromatic rings. The van der Waals surface area contributed by atoms with Crippen molar-refractivity contribution in [2.45, 2.75) is 13.3 Å². The second-order valence-corrected chi connectivity index (χ2v) is 3.57. The number of carboxylic acids is 1. The SMILES string of the molecule is CC(Cc1cc2cnccc2o1)C(=O)O. The number of carboxylic acid groups (broad SMARTS) is 1. The highest BCUT2D eigenvalue weighted by molar-refractivity contribution is 5.77. The highest BCUT2D eigenvalue weighted by Gasteiger charge is 2.14. The Morgan fingerprint density at radius 1 is 1.67 bits per heavy atom. The van der Waals surface area contributed by atoms with E-state index in [1.807, 2.05) is 6.07 Å².